The van der Waals surface area contributed by atoms with Crippen LogP contribution in [0.4, 0.5) is 5.69 Å². The van der Waals surface area contributed by atoms with Crippen molar-refractivity contribution in [3.05, 3.63) is 72.3 Å². The maximum atomic E-state index is 12.9. The van der Waals surface area contributed by atoms with Crippen LogP contribution in [-0.2, 0) is 14.8 Å². The van der Waals surface area contributed by atoms with Crippen molar-refractivity contribution in [3.8, 4) is 0 Å². The van der Waals surface area contributed by atoms with Gasteiger partial charge in [-0.2, -0.15) is 0 Å². The standard InChI is InChI=1S/C22H25N3O4S/c1-3-14-23-21(26)19-8-6-15-25(19)22(27)17-10-12-18(13-11-17)24-30(28,29)20-9-5-4-7-16(20)2/h3-5,7,9-13,19,24H,1,6,8,14-15H2,2H3,(H,23,26). The van der Waals surface area contributed by atoms with Gasteiger partial charge in [0.1, 0.15) is 6.04 Å². The van der Waals surface area contributed by atoms with E-state index in [9.17, 15) is 18.0 Å². The smallest absolute Gasteiger partial charge is 0.262 e. The number of carbonyl (C=O) groups excluding carboxylic acids is 2. The Balaban J connectivity index is 1.72. The maximum Gasteiger partial charge on any atom is 0.262 e. The van der Waals surface area contributed by atoms with Gasteiger partial charge >= 0.3 is 0 Å². The predicted octanol–water partition coefficient (Wildman–Crippen LogP) is 2.70. The first kappa shape index (κ1) is 21.6. The van der Waals surface area contributed by atoms with Crippen LogP contribution in [0.3, 0.4) is 0 Å². The Morgan fingerprint density at radius 1 is 1.17 bits per heavy atom. The van der Waals surface area contributed by atoms with Crippen LogP contribution in [-0.4, -0.2) is 44.3 Å². The van der Waals surface area contributed by atoms with Gasteiger partial charge in [-0.25, -0.2) is 8.42 Å². The molecule has 0 saturated carbocycles. The Morgan fingerprint density at radius 2 is 1.87 bits per heavy atom. The quantitative estimate of drug-likeness (QED) is 0.664. The highest BCUT2D eigenvalue weighted by Gasteiger charge is 2.34. The van der Waals surface area contributed by atoms with Crippen molar-refractivity contribution in [1.82, 2.24) is 10.2 Å². The number of hydrogen-bond acceptors (Lipinski definition) is 4. The van der Waals surface area contributed by atoms with Crippen LogP contribution in [0.2, 0.25) is 0 Å². The van der Waals surface area contributed by atoms with E-state index in [1.54, 1.807) is 66.4 Å². The normalized spacial score (nSPS) is 16.2. The second-order valence-electron chi connectivity index (χ2n) is 7.14. The zero-order valence-corrected chi connectivity index (χ0v) is 17.6. The van der Waals surface area contributed by atoms with Crippen LogP contribution < -0.4 is 10.0 Å². The van der Waals surface area contributed by atoms with E-state index in [0.717, 1.165) is 6.42 Å². The molecule has 7 nitrogen and oxygen atoms in total. The monoisotopic (exact) mass is 427 g/mol. The van der Waals surface area contributed by atoms with Crippen LogP contribution in [0.25, 0.3) is 0 Å². The summed E-state index contributed by atoms with van der Waals surface area (Å²) in [5, 5.41) is 2.74. The number of anilines is 1. The van der Waals surface area contributed by atoms with Crippen molar-refractivity contribution < 1.29 is 18.0 Å². The molecule has 1 aliphatic heterocycles. The fourth-order valence-electron chi connectivity index (χ4n) is 3.49. The van der Waals surface area contributed by atoms with Gasteiger partial charge in [-0.15, -0.1) is 6.58 Å². The molecule has 1 heterocycles. The first-order valence-corrected chi connectivity index (χ1v) is 11.2. The van der Waals surface area contributed by atoms with Gasteiger partial charge < -0.3 is 10.2 Å². The molecule has 0 aromatic heterocycles. The molecule has 2 aromatic carbocycles. The van der Waals surface area contributed by atoms with Crippen molar-refractivity contribution in [2.75, 3.05) is 17.8 Å². The van der Waals surface area contributed by atoms with E-state index in [2.05, 4.69) is 16.6 Å². The maximum absolute atomic E-state index is 12.9. The molecule has 2 N–H and O–H groups in total. The second kappa shape index (κ2) is 9.13. The van der Waals surface area contributed by atoms with Crippen LogP contribution in [0.1, 0.15) is 28.8 Å². The minimum absolute atomic E-state index is 0.191. The number of carbonyl (C=O) groups is 2. The zero-order valence-electron chi connectivity index (χ0n) is 16.8. The van der Waals surface area contributed by atoms with Gasteiger partial charge in [0.15, 0.2) is 0 Å². The second-order valence-corrected chi connectivity index (χ2v) is 8.79. The highest BCUT2D eigenvalue weighted by molar-refractivity contribution is 7.92. The summed E-state index contributed by atoms with van der Waals surface area (Å²) in [6.07, 6.45) is 2.96. The Labute approximate surface area is 176 Å². The predicted molar refractivity (Wildman–Crippen MR) is 116 cm³/mol. The first-order chi connectivity index (χ1) is 14.3. The van der Waals surface area contributed by atoms with Gasteiger partial charge in [0.25, 0.3) is 15.9 Å². The number of nitrogens with zero attached hydrogens (tertiary/aromatic N) is 1. The molecule has 0 spiro atoms. The summed E-state index contributed by atoms with van der Waals surface area (Å²) in [5.41, 5.74) is 1.40. The third-order valence-electron chi connectivity index (χ3n) is 5.00. The minimum Gasteiger partial charge on any atom is -0.351 e. The lowest BCUT2D eigenvalue weighted by Gasteiger charge is -2.24. The van der Waals surface area contributed by atoms with E-state index in [1.165, 1.54) is 0 Å². The van der Waals surface area contributed by atoms with Crippen molar-refractivity contribution in [1.29, 1.82) is 0 Å². The lowest BCUT2D eigenvalue weighted by Crippen LogP contribution is -2.46. The third-order valence-corrected chi connectivity index (χ3v) is 6.55. The Bertz CT molecular complexity index is 1050. The Kier molecular flexibility index (Phi) is 6.56. The van der Waals surface area contributed by atoms with Gasteiger partial charge in [-0.3, -0.25) is 14.3 Å². The number of nitrogens with one attached hydrogen (secondary N) is 2. The molecular weight excluding hydrogens is 402 g/mol. The number of likely N-dealkylation sites (tertiary alicyclic amines) is 1. The zero-order chi connectivity index (χ0) is 21.7. The van der Waals surface area contributed by atoms with Crippen molar-refractivity contribution >= 4 is 27.5 Å². The Morgan fingerprint density at radius 3 is 2.53 bits per heavy atom. The number of amides is 2. The molecule has 0 bridgehead atoms. The highest BCUT2D eigenvalue weighted by Crippen LogP contribution is 2.23. The van der Waals surface area contributed by atoms with Gasteiger partial charge in [0, 0.05) is 24.3 Å². The average Bonchev–Trinajstić information content (AvgIpc) is 3.22. The molecule has 0 aliphatic carbocycles. The minimum atomic E-state index is -3.73. The van der Waals surface area contributed by atoms with E-state index >= 15 is 0 Å². The van der Waals surface area contributed by atoms with E-state index in [1.807, 2.05) is 0 Å². The van der Waals surface area contributed by atoms with Crippen molar-refractivity contribution in [2.45, 2.75) is 30.7 Å². The van der Waals surface area contributed by atoms with Gasteiger partial charge in [-0.1, -0.05) is 24.3 Å². The Hall–Kier alpha value is -3.13. The molecule has 2 amide bonds. The molecule has 158 valence electrons. The molecule has 2 aromatic rings. The van der Waals surface area contributed by atoms with Crippen LogP contribution >= 0.6 is 0 Å². The average molecular weight is 428 g/mol. The molecule has 1 fully saturated rings. The largest absolute Gasteiger partial charge is 0.351 e. The molecule has 30 heavy (non-hydrogen) atoms. The molecular formula is C22H25N3O4S. The lowest BCUT2D eigenvalue weighted by atomic mass is 10.1. The van der Waals surface area contributed by atoms with E-state index in [4.69, 9.17) is 0 Å². The number of hydrogen-bond donors (Lipinski definition) is 2. The van der Waals surface area contributed by atoms with Gasteiger partial charge in [-0.05, 0) is 55.7 Å². The fourth-order valence-corrected chi connectivity index (χ4v) is 4.79. The molecule has 1 atom stereocenters. The summed E-state index contributed by atoms with van der Waals surface area (Å²) < 4.78 is 27.8. The van der Waals surface area contributed by atoms with E-state index in [0.29, 0.717) is 36.3 Å². The number of sulfonamides is 1. The summed E-state index contributed by atoms with van der Waals surface area (Å²) in [4.78, 5) is 26.9. The molecule has 1 unspecified atom stereocenters. The molecule has 1 aliphatic rings. The van der Waals surface area contributed by atoms with Gasteiger partial charge in [0.05, 0.1) is 4.90 Å². The number of benzene rings is 2. The van der Waals surface area contributed by atoms with Crippen LogP contribution in [0.5, 0.6) is 0 Å². The summed E-state index contributed by atoms with van der Waals surface area (Å²) >= 11 is 0. The van der Waals surface area contributed by atoms with E-state index < -0.39 is 16.1 Å². The van der Waals surface area contributed by atoms with Crippen molar-refractivity contribution in [2.24, 2.45) is 0 Å². The SMILES string of the molecule is C=CCNC(=O)C1CCCN1C(=O)c1ccc(NS(=O)(=O)c2ccccc2C)cc1. The van der Waals surface area contributed by atoms with Crippen LogP contribution in [0, 0.1) is 6.92 Å². The van der Waals surface area contributed by atoms with Gasteiger partial charge in [0.2, 0.25) is 5.91 Å². The molecule has 0 radical (unpaired) electrons. The molecule has 1 saturated heterocycles. The summed E-state index contributed by atoms with van der Waals surface area (Å²) in [7, 11) is -3.73. The number of rotatable bonds is 7. The summed E-state index contributed by atoms with van der Waals surface area (Å²) in [5.74, 6) is -0.442. The lowest BCUT2D eigenvalue weighted by molar-refractivity contribution is -0.124. The summed E-state index contributed by atoms with van der Waals surface area (Å²) in [6, 6.07) is 12.4. The third kappa shape index (κ3) is 4.71. The van der Waals surface area contributed by atoms with Crippen LogP contribution in [0.15, 0.2) is 66.1 Å². The molecule has 8 heteroatoms. The first-order valence-electron chi connectivity index (χ1n) is 9.71. The van der Waals surface area contributed by atoms with E-state index in [-0.39, 0.29) is 16.7 Å². The van der Waals surface area contributed by atoms with Crippen molar-refractivity contribution in [3.63, 3.8) is 0 Å². The topological polar surface area (TPSA) is 95.6 Å². The fraction of sp³-hybridized carbons (Fsp3) is 0.273. The number of aryl methyl sites for hydroxylation is 1. The highest BCUT2D eigenvalue weighted by atomic mass is 32.2. The molecule has 3 rings (SSSR count). The summed E-state index contributed by atoms with van der Waals surface area (Å²) in [6.45, 7) is 6.17.